The van der Waals surface area contributed by atoms with Crippen molar-refractivity contribution in [2.45, 2.75) is 6.17 Å². The predicted octanol–water partition coefficient (Wildman–Crippen LogP) is 11.5. The highest BCUT2D eigenvalue weighted by atomic mass is 16.3. The fraction of sp³-hybridized carbons (Fsp3) is 0.0222. The maximum atomic E-state index is 6.70. The summed E-state index contributed by atoms with van der Waals surface area (Å²) in [5.74, 6) is 1.38. The Hall–Kier alpha value is -6.92. The summed E-state index contributed by atoms with van der Waals surface area (Å²) in [5, 5.41) is 9.93. The number of fused-ring (bicyclic) bond motifs is 9. The number of nitrogens with one attached hydrogen (secondary N) is 1. The summed E-state index contributed by atoms with van der Waals surface area (Å²) in [4.78, 5) is 10.5. The van der Waals surface area contributed by atoms with Crippen LogP contribution in [0.15, 0.2) is 175 Å². The molecule has 0 saturated heterocycles. The lowest BCUT2D eigenvalue weighted by atomic mass is 9.99. The second kappa shape index (κ2) is 10.8. The first-order chi connectivity index (χ1) is 25.3. The number of hydrogen-bond donors (Lipinski definition) is 1. The Morgan fingerprint density at radius 2 is 1.10 bits per heavy atom. The lowest BCUT2D eigenvalue weighted by Gasteiger charge is -2.24. The van der Waals surface area contributed by atoms with Crippen molar-refractivity contribution in [3.05, 3.63) is 168 Å². The van der Waals surface area contributed by atoms with E-state index >= 15 is 0 Å². The van der Waals surface area contributed by atoms with Gasteiger partial charge in [0.05, 0.1) is 0 Å². The van der Waals surface area contributed by atoms with E-state index in [9.17, 15) is 0 Å². The van der Waals surface area contributed by atoms with E-state index in [4.69, 9.17) is 23.2 Å². The normalized spacial score (nSPS) is 14.9. The van der Waals surface area contributed by atoms with Gasteiger partial charge in [-0.2, -0.15) is 0 Å². The molecular formula is C45H27N3O3. The van der Waals surface area contributed by atoms with Gasteiger partial charge in [-0.25, -0.2) is 9.98 Å². The van der Waals surface area contributed by atoms with Crippen molar-refractivity contribution >= 4 is 77.5 Å². The molecule has 1 N–H and O–H groups in total. The zero-order chi connectivity index (χ0) is 33.5. The van der Waals surface area contributed by atoms with Crippen LogP contribution in [0.4, 0.5) is 0 Å². The van der Waals surface area contributed by atoms with E-state index in [1.54, 1.807) is 0 Å². The van der Waals surface area contributed by atoms with Gasteiger partial charge in [0.2, 0.25) is 0 Å². The Bertz CT molecular complexity index is 3070. The summed E-state index contributed by atoms with van der Waals surface area (Å²) in [5.41, 5.74) is 9.91. The van der Waals surface area contributed by atoms with Crippen molar-refractivity contribution in [3.63, 3.8) is 0 Å². The molecule has 0 amide bonds. The molecule has 1 aliphatic heterocycles. The van der Waals surface area contributed by atoms with E-state index < -0.39 is 6.17 Å². The maximum Gasteiger partial charge on any atom is 0.160 e. The third kappa shape index (κ3) is 4.30. The molecule has 10 aromatic rings. The number of para-hydroxylation sites is 3. The van der Waals surface area contributed by atoms with E-state index in [2.05, 4.69) is 78.1 Å². The fourth-order valence-electron chi connectivity index (χ4n) is 7.66. The van der Waals surface area contributed by atoms with Gasteiger partial charge in [0, 0.05) is 54.6 Å². The minimum Gasteiger partial charge on any atom is -0.456 e. The van der Waals surface area contributed by atoms with Crippen molar-refractivity contribution in [2.24, 2.45) is 9.98 Å². The number of nitrogens with zero attached hydrogens (tertiary/aromatic N) is 2. The minimum atomic E-state index is -0.420. The highest BCUT2D eigenvalue weighted by molar-refractivity contribution is 6.23. The van der Waals surface area contributed by atoms with Crippen LogP contribution in [0, 0.1) is 0 Å². The summed E-state index contributed by atoms with van der Waals surface area (Å²) in [6, 6.07) is 51.5. The van der Waals surface area contributed by atoms with Gasteiger partial charge in [-0.05, 0) is 42.0 Å². The van der Waals surface area contributed by atoms with Gasteiger partial charge in [0.25, 0.3) is 0 Å². The summed E-state index contributed by atoms with van der Waals surface area (Å²) in [6.07, 6.45) is -0.420. The van der Waals surface area contributed by atoms with Gasteiger partial charge >= 0.3 is 0 Å². The molecule has 51 heavy (non-hydrogen) atoms. The van der Waals surface area contributed by atoms with E-state index in [0.29, 0.717) is 5.84 Å². The molecule has 1 unspecified atom stereocenters. The quantitative estimate of drug-likeness (QED) is 0.204. The second-order valence-electron chi connectivity index (χ2n) is 12.9. The van der Waals surface area contributed by atoms with Crippen molar-refractivity contribution < 1.29 is 13.3 Å². The van der Waals surface area contributed by atoms with Crippen LogP contribution < -0.4 is 5.32 Å². The summed E-state index contributed by atoms with van der Waals surface area (Å²) >= 11 is 0. The van der Waals surface area contributed by atoms with E-state index in [-0.39, 0.29) is 0 Å². The van der Waals surface area contributed by atoms with E-state index in [0.717, 1.165) is 99.5 Å². The Labute approximate surface area is 291 Å². The number of rotatable bonds is 4. The van der Waals surface area contributed by atoms with Gasteiger partial charge in [0.1, 0.15) is 45.5 Å². The Balaban J connectivity index is 1.11. The Kier molecular flexibility index (Phi) is 5.92. The minimum absolute atomic E-state index is 0.420. The topological polar surface area (TPSA) is 76.2 Å². The van der Waals surface area contributed by atoms with Crippen LogP contribution in [0.2, 0.25) is 0 Å². The lowest BCUT2D eigenvalue weighted by molar-refractivity contribution is 0.662. The first-order valence-corrected chi connectivity index (χ1v) is 17.0. The van der Waals surface area contributed by atoms with Crippen molar-refractivity contribution in [1.82, 2.24) is 5.32 Å². The van der Waals surface area contributed by atoms with Crippen LogP contribution in [0.1, 0.15) is 22.9 Å². The molecule has 1 atom stereocenters. The van der Waals surface area contributed by atoms with E-state index in [1.807, 2.05) is 78.9 Å². The van der Waals surface area contributed by atoms with Gasteiger partial charge in [-0.1, -0.05) is 115 Å². The zero-order valence-corrected chi connectivity index (χ0v) is 27.1. The van der Waals surface area contributed by atoms with E-state index in [1.165, 1.54) is 0 Å². The number of hydrogen-bond acceptors (Lipinski definition) is 6. The van der Waals surface area contributed by atoms with Crippen LogP contribution in [0.5, 0.6) is 0 Å². The first-order valence-electron chi connectivity index (χ1n) is 17.0. The molecule has 3 aromatic heterocycles. The predicted molar refractivity (Wildman–Crippen MR) is 206 cm³/mol. The molecule has 0 fully saturated rings. The average molecular weight is 658 g/mol. The summed E-state index contributed by atoms with van der Waals surface area (Å²) in [6.45, 7) is 0. The molecule has 0 bridgehead atoms. The number of benzene rings is 7. The zero-order valence-electron chi connectivity index (χ0n) is 27.1. The van der Waals surface area contributed by atoms with Gasteiger partial charge in [0.15, 0.2) is 5.84 Å². The standard InChI is InChI=1S/C45H27N3O3/c1-2-11-26(12-3-1)43-46-44(33-17-9-21-37-40(33)31-14-5-7-20-36(31)49-37)48-45(47-43)34-18-10-22-38-41(34)32-16-8-15-28(42(32)51-38)27-23-24-30-29-13-4-6-19-35(29)50-39(30)25-27/h1-25,44H,(H,46,47,48). The number of amidine groups is 2. The van der Waals surface area contributed by atoms with Crippen molar-refractivity contribution in [2.75, 3.05) is 0 Å². The van der Waals surface area contributed by atoms with Crippen LogP contribution in [0.3, 0.4) is 0 Å². The first kappa shape index (κ1) is 28.0. The highest BCUT2D eigenvalue weighted by Gasteiger charge is 2.26. The largest absolute Gasteiger partial charge is 0.456 e. The van der Waals surface area contributed by atoms with Crippen molar-refractivity contribution in [1.29, 1.82) is 0 Å². The van der Waals surface area contributed by atoms with Crippen molar-refractivity contribution in [3.8, 4) is 11.1 Å². The number of furan rings is 3. The molecule has 4 heterocycles. The average Bonchev–Trinajstić information content (AvgIpc) is 3.89. The van der Waals surface area contributed by atoms with Gasteiger partial charge < -0.3 is 18.6 Å². The lowest BCUT2D eigenvalue weighted by Crippen LogP contribution is -2.33. The Morgan fingerprint density at radius 3 is 1.98 bits per heavy atom. The smallest absolute Gasteiger partial charge is 0.160 e. The summed E-state index contributed by atoms with van der Waals surface area (Å²) < 4.78 is 19.2. The monoisotopic (exact) mass is 657 g/mol. The van der Waals surface area contributed by atoms with Gasteiger partial charge in [-0.3, -0.25) is 0 Å². The second-order valence-corrected chi connectivity index (χ2v) is 12.9. The Morgan fingerprint density at radius 1 is 0.451 bits per heavy atom. The third-order valence-corrected chi connectivity index (χ3v) is 9.97. The fourth-order valence-corrected chi connectivity index (χ4v) is 7.66. The molecule has 7 aromatic carbocycles. The molecule has 0 radical (unpaired) electrons. The number of aliphatic imine (C=N–C) groups is 2. The summed E-state index contributed by atoms with van der Waals surface area (Å²) in [7, 11) is 0. The highest BCUT2D eigenvalue weighted by Crippen LogP contribution is 2.41. The van der Waals surface area contributed by atoms with Gasteiger partial charge in [-0.15, -0.1) is 0 Å². The molecule has 6 nitrogen and oxygen atoms in total. The molecule has 11 rings (SSSR count). The molecular weight excluding hydrogens is 631 g/mol. The van der Waals surface area contributed by atoms with Crippen LogP contribution in [-0.4, -0.2) is 11.7 Å². The molecule has 6 heteroatoms. The molecule has 0 aliphatic carbocycles. The van der Waals surface area contributed by atoms with Crippen LogP contribution in [-0.2, 0) is 0 Å². The molecule has 1 aliphatic rings. The maximum absolute atomic E-state index is 6.70. The molecule has 240 valence electrons. The van der Waals surface area contributed by atoms with Crippen LogP contribution in [0.25, 0.3) is 76.9 Å². The molecule has 0 spiro atoms. The van der Waals surface area contributed by atoms with Crippen LogP contribution >= 0.6 is 0 Å². The molecule has 0 saturated carbocycles. The SMILES string of the molecule is c1ccc(C2=NC(c3cccc4oc5c(-c6ccc7c(c6)oc6ccccc67)cccc5c34)=NC(c3cccc4oc5ccccc5c34)N2)cc1. The third-order valence-electron chi connectivity index (χ3n) is 9.97.